The highest BCUT2D eigenvalue weighted by molar-refractivity contribution is 5.95. The number of ether oxygens (including phenoxy) is 1. The zero-order chi connectivity index (χ0) is 28.7. The van der Waals surface area contributed by atoms with Gasteiger partial charge in [-0.2, -0.15) is 0 Å². The first kappa shape index (κ1) is 26.9. The Balaban J connectivity index is 1.17. The summed E-state index contributed by atoms with van der Waals surface area (Å²) < 4.78 is 20.5. The Morgan fingerprint density at radius 2 is 1.90 bits per heavy atom. The van der Waals surface area contributed by atoms with Gasteiger partial charge in [-0.25, -0.2) is 19.2 Å². The van der Waals surface area contributed by atoms with E-state index in [2.05, 4.69) is 35.8 Å². The lowest BCUT2D eigenvalue weighted by Gasteiger charge is -2.26. The van der Waals surface area contributed by atoms with Gasteiger partial charge in [0.2, 0.25) is 5.91 Å². The maximum atomic E-state index is 14.2. The van der Waals surface area contributed by atoms with Crippen molar-refractivity contribution in [1.29, 1.82) is 0 Å². The minimum Gasteiger partial charge on any atom is -0.450 e. The van der Waals surface area contributed by atoms with Crippen LogP contribution in [0.3, 0.4) is 0 Å². The minimum atomic E-state index is -0.450. The molecule has 0 aliphatic carbocycles. The van der Waals surface area contributed by atoms with E-state index in [1.807, 2.05) is 12.1 Å². The summed E-state index contributed by atoms with van der Waals surface area (Å²) >= 11 is 0. The van der Waals surface area contributed by atoms with E-state index in [1.54, 1.807) is 27.1 Å². The molecule has 1 spiro atoms. The van der Waals surface area contributed by atoms with Crippen LogP contribution in [0.4, 0.5) is 15.9 Å². The van der Waals surface area contributed by atoms with Crippen molar-refractivity contribution in [2.24, 2.45) is 11.3 Å². The molecule has 0 bridgehead atoms. The van der Waals surface area contributed by atoms with Crippen molar-refractivity contribution in [2.45, 2.75) is 33.2 Å². The van der Waals surface area contributed by atoms with Crippen LogP contribution in [0.25, 0.3) is 11.0 Å². The molecule has 1 atom stereocenters. The lowest BCUT2D eigenvalue weighted by atomic mass is 9.86. The number of fused-ring (bicyclic) bond motifs is 1. The standard InChI is InChI=1S/C30H34FN7O3/c1-19(2)28(39)36(3)24-13-21(31)5-7-25(24)41-26-14-32-18-33-27(26)38-11-9-30(17-38)8-10-37(16-30)15-20-4-6-22-23(12-20)35-29(40)34-22/h4-7,12-14,18-19H,8-11,15-17H2,1-3H3,(H2,34,35,40). The van der Waals surface area contributed by atoms with Gasteiger partial charge in [0.1, 0.15) is 12.1 Å². The van der Waals surface area contributed by atoms with Crippen LogP contribution in [0.1, 0.15) is 32.3 Å². The number of benzene rings is 2. The molecule has 6 rings (SSSR count). The smallest absolute Gasteiger partial charge is 0.323 e. The van der Waals surface area contributed by atoms with Crippen molar-refractivity contribution in [3.63, 3.8) is 0 Å². The first-order valence-corrected chi connectivity index (χ1v) is 13.9. The number of hydrogen-bond donors (Lipinski definition) is 2. The summed E-state index contributed by atoms with van der Waals surface area (Å²) in [7, 11) is 1.62. The van der Waals surface area contributed by atoms with Gasteiger partial charge in [0.25, 0.3) is 0 Å². The molecule has 2 fully saturated rings. The average Bonchev–Trinajstić information content (AvgIpc) is 3.66. The number of halogens is 1. The van der Waals surface area contributed by atoms with Crippen LogP contribution in [0.15, 0.2) is 53.7 Å². The molecule has 2 aliphatic heterocycles. The molecule has 1 unspecified atom stereocenters. The Hall–Kier alpha value is -4.25. The molecule has 11 heteroatoms. The Bertz CT molecular complexity index is 1650. The van der Waals surface area contributed by atoms with Gasteiger partial charge in [0, 0.05) is 50.6 Å². The number of H-pyrrole nitrogens is 2. The lowest BCUT2D eigenvalue weighted by Crippen LogP contribution is -2.31. The topological polar surface area (TPSA) is 110 Å². The molecule has 0 saturated carbocycles. The number of rotatable bonds is 7. The van der Waals surface area contributed by atoms with Crippen molar-refractivity contribution in [3.8, 4) is 11.5 Å². The van der Waals surface area contributed by atoms with Gasteiger partial charge >= 0.3 is 5.69 Å². The molecular weight excluding hydrogens is 525 g/mol. The fraction of sp³-hybridized carbons (Fsp3) is 0.400. The van der Waals surface area contributed by atoms with E-state index in [-0.39, 0.29) is 22.9 Å². The molecule has 2 aromatic carbocycles. The highest BCUT2D eigenvalue weighted by atomic mass is 19.1. The number of aromatic nitrogens is 4. The number of carbonyl (C=O) groups excluding carboxylic acids is 1. The van der Waals surface area contributed by atoms with E-state index in [0.717, 1.165) is 56.6 Å². The Morgan fingerprint density at radius 1 is 1.10 bits per heavy atom. The zero-order valence-corrected chi connectivity index (χ0v) is 23.5. The number of likely N-dealkylation sites (tertiary alicyclic amines) is 1. The molecule has 2 aliphatic rings. The highest BCUT2D eigenvalue weighted by Crippen LogP contribution is 2.44. The predicted molar refractivity (Wildman–Crippen MR) is 155 cm³/mol. The normalized spacial score (nSPS) is 19.1. The SMILES string of the molecule is CC(C)C(=O)N(C)c1cc(F)ccc1Oc1cncnc1N1CCC2(CCN(Cc3ccc4[nH]c(=O)[nH]c4c3)C2)C1. The Kier molecular flexibility index (Phi) is 6.98. The van der Waals surface area contributed by atoms with Crippen LogP contribution >= 0.6 is 0 Å². The predicted octanol–water partition coefficient (Wildman–Crippen LogP) is 4.30. The van der Waals surface area contributed by atoms with E-state index < -0.39 is 5.82 Å². The summed E-state index contributed by atoms with van der Waals surface area (Å²) in [5.41, 5.74) is 3.11. The second-order valence-electron chi connectivity index (χ2n) is 11.6. The molecule has 2 saturated heterocycles. The second-order valence-corrected chi connectivity index (χ2v) is 11.6. The fourth-order valence-corrected chi connectivity index (χ4v) is 6.13. The van der Waals surface area contributed by atoms with Crippen LogP contribution < -0.4 is 20.2 Å². The third-order valence-corrected chi connectivity index (χ3v) is 8.23. The van der Waals surface area contributed by atoms with Crippen molar-refractivity contribution >= 4 is 28.4 Å². The second kappa shape index (κ2) is 10.6. The summed E-state index contributed by atoms with van der Waals surface area (Å²) in [6, 6.07) is 10.2. The number of carbonyl (C=O) groups is 1. The molecule has 4 heterocycles. The molecular formula is C30H34FN7O3. The van der Waals surface area contributed by atoms with Crippen LogP contribution in [0, 0.1) is 17.2 Å². The van der Waals surface area contributed by atoms with Crippen molar-refractivity contribution in [3.05, 3.63) is 70.8 Å². The van der Waals surface area contributed by atoms with Gasteiger partial charge in [-0.3, -0.25) is 9.69 Å². The van der Waals surface area contributed by atoms with Gasteiger partial charge < -0.3 is 24.5 Å². The van der Waals surface area contributed by atoms with Gasteiger partial charge in [-0.15, -0.1) is 0 Å². The third kappa shape index (κ3) is 5.41. The van der Waals surface area contributed by atoms with Gasteiger partial charge in [-0.05, 0) is 49.2 Å². The summed E-state index contributed by atoms with van der Waals surface area (Å²) in [6.07, 6.45) is 5.24. The first-order valence-electron chi connectivity index (χ1n) is 13.9. The number of nitrogens with one attached hydrogen (secondary N) is 2. The van der Waals surface area contributed by atoms with E-state index in [1.165, 1.54) is 35.0 Å². The summed E-state index contributed by atoms with van der Waals surface area (Å²) in [6.45, 7) is 8.07. The number of nitrogens with zero attached hydrogens (tertiary/aromatic N) is 5. The van der Waals surface area contributed by atoms with Crippen LogP contribution in [0.5, 0.6) is 11.5 Å². The molecule has 4 aromatic rings. The first-order chi connectivity index (χ1) is 19.7. The Labute approximate surface area is 237 Å². The number of aromatic amines is 2. The average molecular weight is 560 g/mol. The fourth-order valence-electron chi connectivity index (χ4n) is 6.13. The largest absolute Gasteiger partial charge is 0.450 e. The van der Waals surface area contributed by atoms with E-state index >= 15 is 0 Å². The summed E-state index contributed by atoms with van der Waals surface area (Å²) in [4.78, 5) is 44.8. The number of hydrogen-bond acceptors (Lipinski definition) is 7. The van der Waals surface area contributed by atoms with Crippen molar-refractivity contribution in [2.75, 3.05) is 43.0 Å². The number of amides is 1. The van der Waals surface area contributed by atoms with Crippen molar-refractivity contribution < 1.29 is 13.9 Å². The Morgan fingerprint density at radius 3 is 2.73 bits per heavy atom. The van der Waals surface area contributed by atoms with E-state index in [9.17, 15) is 14.0 Å². The lowest BCUT2D eigenvalue weighted by molar-refractivity contribution is -0.121. The van der Waals surface area contributed by atoms with Crippen LogP contribution in [-0.2, 0) is 11.3 Å². The quantitative estimate of drug-likeness (QED) is 0.347. The maximum Gasteiger partial charge on any atom is 0.323 e. The number of anilines is 2. The van der Waals surface area contributed by atoms with Crippen LogP contribution in [0.2, 0.25) is 0 Å². The molecule has 2 N–H and O–H groups in total. The van der Waals surface area contributed by atoms with Gasteiger partial charge in [-0.1, -0.05) is 19.9 Å². The third-order valence-electron chi connectivity index (χ3n) is 8.23. The molecule has 214 valence electrons. The monoisotopic (exact) mass is 559 g/mol. The van der Waals surface area contributed by atoms with Gasteiger partial charge in [0.15, 0.2) is 17.3 Å². The molecule has 2 aromatic heterocycles. The highest BCUT2D eigenvalue weighted by Gasteiger charge is 2.44. The van der Waals surface area contributed by atoms with Gasteiger partial charge in [0.05, 0.1) is 22.9 Å². The van der Waals surface area contributed by atoms with Crippen LogP contribution in [-0.4, -0.2) is 64.0 Å². The maximum absolute atomic E-state index is 14.2. The minimum absolute atomic E-state index is 0.139. The molecule has 0 radical (unpaired) electrons. The number of imidazole rings is 1. The molecule has 10 nitrogen and oxygen atoms in total. The summed E-state index contributed by atoms with van der Waals surface area (Å²) in [5.74, 6) is 0.670. The summed E-state index contributed by atoms with van der Waals surface area (Å²) in [5, 5.41) is 0. The van der Waals surface area contributed by atoms with Crippen molar-refractivity contribution in [1.82, 2.24) is 24.8 Å². The molecule has 1 amide bonds. The molecule has 41 heavy (non-hydrogen) atoms. The zero-order valence-electron chi connectivity index (χ0n) is 23.5. The van der Waals surface area contributed by atoms with E-state index in [4.69, 9.17) is 4.74 Å². The van der Waals surface area contributed by atoms with E-state index in [0.29, 0.717) is 23.0 Å².